The van der Waals surface area contributed by atoms with E-state index in [2.05, 4.69) is 15.6 Å². The zero-order valence-electron chi connectivity index (χ0n) is 11.8. The van der Waals surface area contributed by atoms with Crippen LogP contribution in [0.25, 0.3) is 0 Å². The number of carbonyl (C=O) groups excluding carboxylic acids is 1. The van der Waals surface area contributed by atoms with Crippen LogP contribution < -0.4 is 10.6 Å². The van der Waals surface area contributed by atoms with E-state index in [-0.39, 0.29) is 18.7 Å². The van der Waals surface area contributed by atoms with Crippen LogP contribution >= 0.6 is 11.3 Å². The highest BCUT2D eigenvalue weighted by atomic mass is 32.1. The highest BCUT2D eigenvalue weighted by molar-refractivity contribution is 7.09. The summed E-state index contributed by atoms with van der Waals surface area (Å²) in [6.07, 6.45) is -1.26. The lowest BCUT2D eigenvalue weighted by atomic mass is 10.1. The van der Waals surface area contributed by atoms with Crippen LogP contribution in [0.15, 0.2) is 23.6 Å². The van der Waals surface area contributed by atoms with Gasteiger partial charge in [-0.05, 0) is 13.0 Å². The van der Waals surface area contributed by atoms with Crippen molar-refractivity contribution in [3.05, 3.63) is 51.5 Å². The molecule has 0 radical (unpaired) electrons. The number of aromatic nitrogens is 1. The summed E-state index contributed by atoms with van der Waals surface area (Å²) in [6, 6.07) is 2.37. The van der Waals surface area contributed by atoms with Gasteiger partial charge in [0.2, 0.25) is 0 Å². The van der Waals surface area contributed by atoms with Crippen molar-refractivity contribution in [3.63, 3.8) is 0 Å². The number of halogens is 2. The molecule has 8 heteroatoms. The van der Waals surface area contributed by atoms with Crippen molar-refractivity contribution in [2.75, 3.05) is 6.54 Å². The summed E-state index contributed by atoms with van der Waals surface area (Å²) in [5.74, 6) is -1.58. The van der Waals surface area contributed by atoms with Gasteiger partial charge in [0.15, 0.2) is 0 Å². The van der Waals surface area contributed by atoms with E-state index in [0.717, 1.165) is 22.8 Å². The Labute approximate surface area is 130 Å². The van der Waals surface area contributed by atoms with Crippen LogP contribution in [0.1, 0.15) is 22.4 Å². The minimum absolute atomic E-state index is 0.0720. The molecule has 5 nitrogen and oxygen atoms in total. The van der Waals surface area contributed by atoms with Gasteiger partial charge >= 0.3 is 6.03 Å². The van der Waals surface area contributed by atoms with Crippen molar-refractivity contribution in [3.8, 4) is 0 Å². The Morgan fingerprint density at radius 3 is 2.82 bits per heavy atom. The normalized spacial score (nSPS) is 12.0. The van der Waals surface area contributed by atoms with Crippen molar-refractivity contribution in [2.24, 2.45) is 0 Å². The molecule has 118 valence electrons. The maximum absolute atomic E-state index is 13.5. The van der Waals surface area contributed by atoms with E-state index in [4.69, 9.17) is 0 Å². The zero-order valence-corrected chi connectivity index (χ0v) is 12.6. The van der Waals surface area contributed by atoms with Crippen molar-refractivity contribution in [1.82, 2.24) is 15.6 Å². The van der Waals surface area contributed by atoms with Gasteiger partial charge in [0.05, 0.1) is 12.6 Å². The van der Waals surface area contributed by atoms with Gasteiger partial charge < -0.3 is 15.7 Å². The minimum Gasteiger partial charge on any atom is -0.386 e. The van der Waals surface area contributed by atoms with Gasteiger partial charge in [0, 0.05) is 29.2 Å². The Morgan fingerprint density at radius 2 is 2.18 bits per heavy atom. The molecule has 2 rings (SSSR count). The largest absolute Gasteiger partial charge is 0.386 e. The Hall–Kier alpha value is -2.06. The van der Waals surface area contributed by atoms with E-state index in [1.807, 2.05) is 12.3 Å². The van der Waals surface area contributed by atoms with Crippen molar-refractivity contribution >= 4 is 17.4 Å². The van der Waals surface area contributed by atoms with Gasteiger partial charge in [-0.1, -0.05) is 6.07 Å². The molecular formula is C14H15F2N3O2S. The third-order valence-corrected chi connectivity index (χ3v) is 3.81. The summed E-state index contributed by atoms with van der Waals surface area (Å²) in [5, 5.41) is 17.4. The first-order valence-electron chi connectivity index (χ1n) is 6.51. The molecule has 0 aliphatic rings. The molecular weight excluding hydrogens is 312 g/mol. The predicted molar refractivity (Wildman–Crippen MR) is 78.4 cm³/mol. The Kier molecular flexibility index (Phi) is 5.40. The zero-order chi connectivity index (χ0) is 16.1. The van der Waals surface area contributed by atoms with E-state index >= 15 is 0 Å². The average molecular weight is 327 g/mol. The molecule has 3 N–H and O–H groups in total. The molecule has 0 saturated heterocycles. The molecule has 1 atom stereocenters. The molecule has 0 aliphatic carbocycles. The van der Waals surface area contributed by atoms with E-state index in [0.29, 0.717) is 6.07 Å². The first-order chi connectivity index (χ1) is 10.5. The van der Waals surface area contributed by atoms with E-state index in [9.17, 15) is 18.7 Å². The number of nitrogens with one attached hydrogen (secondary N) is 2. The second kappa shape index (κ2) is 7.28. The van der Waals surface area contributed by atoms with Crippen LogP contribution in [0.4, 0.5) is 13.6 Å². The fourth-order valence-corrected chi connectivity index (χ4v) is 2.48. The minimum atomic E-state index is -1.26. The van der Waals surface area contributed by atoms with Crippen LogP contribution in [-0.4, -0.2) is 22.7 Å². The molecule has 2 amide bonds. The quantitative estimate of drug-likeness (QED) is 0.789. The second-order valence-corrected chi connectivity index (χ2v) is 5.57. The summed E-state index contributed by atoms with van der Waals surface area (Å²) in [4.78, 5) is 15.8. The summed E-state index contributed by atoms with van der Waals surface area (Å²) in [7, 11) is 0. The molecule has 1 aromatic heterocycles. The van der Waals surface area contributed by atoms with Crippen LogP contribution in [0.2, 0.25) is 0 Å². The first kappa shape index (κ1) is 16.3. The molecule has 0 aliphatic heterocycles. The maximum atomic E-state index is 13.5. The lowest BCUT2D eigenvalue weighted by Gasteiger charge is -2.13. The molecule has 22 heavy (non-hydrogen) atoms. The lowest BCUT2D eigenvalue weighted by molar-refractivity contribution is 0.168. The number of aryl methyl sites for hydroxylation is 1. The number of aliphatic hydroxyl groups excluding tert-OH is 1. The highest BCUT2D eigenvalue weighted by Crippen LogP contribution is 2.17. The van der Waals surface area contributed by atoms with Crippen molar-refractivity contribution in [2.45, 2.75) is 19.6 Å². The van der Waals surface area contributed by atoms with Crippen molar-refractivity contribution in [1.29, 1.82) is 0 Å². The topological polar surface area (TPSA) is 74.2 Å². The molecule has 0 unspecified atom stereocenters. The number of thiazole rings is 1. The lowest BCUT2D eigenvalue weighted by Crippen LogP contribution is -2.37. The van der Waals surface area contributed by atoms with E-state index in [1.54, 1.807) is 0 Å². The smallest absolute Gasteiger partial charge is 0.315 e. The van der Waals surface area contributed by atoms with Gasteiger partial charge in [-0.2, -0.15) is 0 Å². The second-order valence-electron chi connectivity index (χ2n) is 4.63. The summed E-state index contributed by atoms with van der Waals surface area (Å²) in [6.45, 7) is 1.93. The fourth-order valence-electron chi connectivity index (χ4n) is 1.77. The average Bonchev–Trinajstić information content (AvgIpc) is 2.88. The number of urea groups is 1. The van der Waals surface area contributed by atoms with Crippen LogP contribution in [0, 0.1) is 18.6 Å². The van der Waals surface area contributed by atoms with Gasteiger partial charge in [0.1, 0.15) is 16.6 Å². The number of benzene rings is 1. The Morgan fingerprint density at radius 1 is 1.41 bits per heavy atom. The monoisotopic (exact) mass is 327 g/mol. The van der Waals surface area contributed by atoms with Gasteiger partial charge in [-0.3, -0.25) is 0 Å². The molecule has 0 saturated carbocycles. The fraction of sp³-hybridized carbons (Fsp3) is 0.286. The Balaban J connectivity index is 1.80. The molecule has 0 spiro atoms. The number of rotatable bonds is 5. The third-order valence-electron chi connectivity index (χ3n) is 2.84. The van der Waals surface area contributed by atoms with Crippen LogP contribution in [0.3, 0.4) is 0 Å². The molecule has 2 aromatic rings. The summed E-state index contributed by atoms with van der Waals surface area (Å²) in [5.41, 5.74) is 0.807. The summed E-state index contributed by atoms with van der Waals surface area (Å²) >= 11 is 1.43. The maximum Gasteiger partial charge on any atom is 0.315 e. The van der Waals surface area contributed by atoms with E-state index in [1.165, 1.54) is 11.3 Å². The van der Waals surface area contributed by atoms with Crippen LogP contribution in [0.5, 0.6) is 0 Å². The highest BCUT2D eigenvalue weighted by Gasteiger charge is 2.14. The molecule has 1 aromatic carbocycles. The van der Waals surface area contributed by atoms with Crippen LogP contribution in [-0.2, 0) is 6.54 Å². The van der Waals surface area contributed by atoms with Gasteiger partial charge in [0.25, 0.3) is 0 Å². The number of hydrogen-bond donors (Lipinski definition) is 3. The molecule has 1 heterocycles. The molecule has 0 bridgehead atoms. The SMILES string of the molecule is Cc1csc(CNC(=O)NC[C@@H](O)c2ccc(F)cc2F)n1. The van der Waals surface area contributed by atoms with Crippen molar-refractivity contribution < 1.29 is 18.7 Å². The molecule has 0 fully saturated rings. The first-order valence-corrected chi connectivity index (χ1v) is 7.39. The standard InChI is InChI=1S/C14H15F2N3O2S/c1-8-7-22-13(19-8)6-18-14(21)17-5-12(20)10-3-2-9(15)4-11(10)16/h2-4,7,12,20H,5-6H2,1H3,(H2,17,18,21)/t12-/m1/s1. The van der Waals surface area contributed by atoms with Gasteiger partial charge in [-0.25, -0.2) is 18.6 Å². The number of hydrogen-bond acceptors (Lipinski definition) is 4. The van der Waals surface area contributed by atoms with Gasteiger partial charge in [-0.15, -0.1) is 11.3 Å². The number of carbonyl (C=O) groups is 1. The number of amides is 2. The number of nitrogens with zero attached hydrogens (tertiary/aromatic N) is 1. The summed E-state index contributed by atoms with van der Waals surface area (Å²) < 4.78 is 26.2. The third kappa shape index (κ3) is 4.47. The number of aliphatic hydroxyl groups is 1. The predicted octanol–water partition coefficient (Wildman–Crippen LogP) is 2.26. The Bertz CT molecular complexity index is 663. The van der Waals surface area contributed by atoms with E-state index < -0.39 is 23.8 Å².